The van der Waals surface area contributed by atoms with Gasteiger partial charge in [0.1, 0.15) is 17.0 Å². The van der Waals surface area contributed by atoms with E-state index in [4.69, 9.17) is 4.42 Å². The number of hydrogen-bond acceptors (Lipinski definition) is 6. The number of phenols is 1. The molecule has 2 N–H and O–H groups in total. The SMILES string of the molecule is CCc1c(C)c2cc(N=C3NC(=O)CS3)c(O)c(C)c2oc1=O. The van der Waals surface area contributed by atoms with E-state index in [0.29, 0.717) is 39.7 Å². The molecule has 1 aromatic carbocycles. The molecule has 0 bridgehead atoms. The standard InChI is InChI=1S/C16H16N2O4S/c1-4-9-7(2)10-5-11(17-16-18-12(19)6-23-16)13(20)8(3)14(10)22-15(9)21/h5,20H,4,6H2,1-3H3,(H,17,18,19). The highest BCUT2D eigenvalue weighted by molar-refractivity contribution is 8.15. The molecule has 2 aromatic rings. The molecule has 0 spiro atoms. The molecule has 0 saturated carbocycles. The number of aromatic hydroxyl groups is 1. The highest BCUT2D eigenvalue weighted by Gasteiger charge is 2.20. The van der Waals surface area contributed by atoms with Gasteiger partial charge < -0.3 is 14.8 Å². The van der Waals surface area contributed by atoms with Crippen LogP contribution in [0, 0.1) is 13.8 Å². The van der Waals surface area contributed by atoms with Crippen molar-refractivity contribution in [3.05, 3.63) is 33.2 Å². The lowest BCUT2D eigenvalue weighted by molar-refractivity contribution is -0.116. The molecule has 2 heterocycles. The van der Waals surface area contributed by atoms with Gasteiger partial charge in [0.15, 0.2) is 5.17 Å². The predicted octanol–water partition coefficient (Wildman–Crippen LogP) is 2.53. The number of amides is 1. The van der Waals surface area contributed by atoms with Crippen LogP contribution < -0.4 is 10.9 Å². The second-order valence-electron chi connectivity index (χ2n) is 5.35. The molecule has 3 rings (SSSR count). The number of benzene rings is 1. The third-order valence-corrected chi connectivity index (χ3v) is 4.80. The summed E-state index contributed by atoms with van der Waals surface area (Å²) in [5, 5.41) is 14.2. The molecule has 1 aromatic heterocycles. The number of phenolic OH excluding ortho intramolecular Hbond substituents is 1. The summed E-state index contributed by atoms with van der Waals surface area (Å²) in [6.45, 7) is 5.43. The fraction of sp³-hybridized carbons (Fsp3) is 0.312. The molecule has 23 heavy (non-hydrogen) atoms. The van der Waals surface area contributed by atoms with E-state index in [1.807, 2.05) is 13.8 Å². The summed E-state index contributed by atoms with van der Waals surface area (Å²) in [6.07, 6.45) is 0.569. The summed E-state index contributed by atoms with van der Waals surface area (Å²) in [5.41, 5.74) is 2.24. The Kier molecular flexibility index (Phi) is 3.89. The Bertz CT molecular complexity index is 915. The summed E-state index contributed by atoms with van der Waals surface area (Å²) in [7, 11) is 0. The third-order valence-electron chi connectivity index (χ3n) is 3.92. The zero-order valence-corrected chi connectivity index (χ0v) is 13.8. The van der Waals surface area contributed by atoms with E-state index in [1.165, 1.54) is 11.8 Å². The van der Waals surface area contributed by atoms with Crippen LogP contribution in [-0.2, 0) is 11.2 Å². The number of nitrogens with one attached hydrogen (secondary N) is 1. The van der Waals surface area contributed by atoms with Crippen LogP contribution in [0.4, 0.5) is 5.69 Å². The van der Waals surface area contributed by atoms with Gasteiger partial charge in [-0.3, -0.25) is 4.79 Å². The first kappa shape index (κ1) is 15.6. The lowest BCUT2D eigenvalue weighted by Gasteiger charge is -2.11. The van der Waals surface area contributed by atoms with Gasteiger partial charge in [-0.25, -0.2) is 9.79 Å². The lowest BCUT2D eigenvalue weighted by atomic mass is 10.0. The van der Waals surface area contributed by atoms with Crippen LogP contribution in [0.1, 0.15) is 23.6 Å². The van der Waals surface area contributed by atoms with E-state index in [-0.39, 0.29) is 17.3 Å². The maximum atomic E-state index is 12.0. The molecule has 1 saturated heterocycles. The first-order chi connectivity index (χ1) is 10.9. The fourth-order valence-electron chi connectivity index (χ4n) is 2.64. The van der Waals surface area contributed by atoms with Crippen LogP contribution in [0.15, 0.2) is 20.3 Å². The highest BCUT2D eigenvalue weighted by atomic mass is 32.2. The quantitative estimate of drug-likeness (QED) is 0.825. The predicted molar refractivity (Wildman–Crippen MR) is 90.7 cm³/mol. The van der Waals surface area contributed by atoms with Gasteiger partial charge >= 0.3 is 5.63 Å². The van der Waals surface area contributed by atoms with E-state index in [9.17, 15) is 14.7 Å². The number of nitrogens with zero attached hydrogens (tertiary/aromatic N) is 1. The van der Waals surface area contributed by atoms with Crippen molar-refractivity contribution >= 4 is 39.5 Å². The van der Waals surface area contributed by atoms with Gasteiger partial charge in [-0.2, -0.15) is 0 Å². The van der Waals surface area contributed by atoms with Gasteiger partial charge in [0.2, 0.25) is 5.91 Å². The van der Waals surface area contributed by atoms with Gasteiger partial charge in [-0.05, 0) is 31.9 Å². The minimum atomic E-state index is -0.377. The van der Waals surface area contributed by atoms with E-state index in [1.54, 1.807) is 13.0 Å². The number of aryl methyl sites for hydroxylation is 2. The molecule has 0 unspecified atom stereocenters. The molecule has 0 aliphatic carbocycles. The normalized spacial score (nSPS) is 16.3. The Balaban J connectivity index is 2.27. The van der Waals surface area contributed by atoms with Gasteiger partial charge in [0.25, 0.3) is 0 Å². The Hall–Kier alpha value is -2.28. The van der Waals surface area contributed by atoms with Crippen LogP contribution in [-0.4, -0.2) is 21.9 Å². The van der Waals surface area contributed by atoms with Gasteiger partial charge in [0.05, 0.1) is 5.75 Å². The molecule has 1 aliphatic rings. The molecule has 1 aliphatic heterocycles. The first-order valence-corrected chi connectivity index (χ1v) is 8.21. The van der Waals surface area contributed by atoms with E-state index in [2.05, 4.69) is 10.3 Å². The number of fused-ring (bicyclic) bond motifs is 1. The molecule has 6 nitrogen and oxygen atoms in total. The number of carbonyl (C=O) groups is 1. The minimum Gasteiger partial charge on any atom is -0.505 e. The topological polar surface area (TPSA) is 91.9 Å². The zero-order valence-electron chi connectivity index (χ0n) is 13.0. The maximum absolute atomic E-state index is 12.0. The molecule has 7 heteroatoms. The van der Waals surface area contributed by atoms with Crippen molar-refractivity contribution in [2.24, 2.45) is 4.99 Å². The zero-order chi connectivity index (χ0) is 16.7. The summed E-state index contributed by atoms with van der Waals surface area (Å²) in [4.78, 5) is 27.6. The average molecular weight is 332 g/mol. The monoisotopic (exact) mass is 332 g/mol. The molecule has 120 valence electrons. The highest BCUT2D eigenvalue weighted by Crippen LogP contribution is 2.38. The number of rotatable bonds is 2. The lowest BCUT2D eigenvalue weighted by Crippen LogP contribution is -2.19. The van der Waals surface area contributed by atoms with Crippen LogP contribution in [0.3, 0.4) is 0 Å². The first-order valence-electron chi connectivity index (χ1n) is 7.22. The van der Waals surface area contributed by atoms with Crippen molar-refractivity contribution in [1.82, 2.24) is 5.32 Å². The second-order valence-corrected chi connectivity index (χ2v) is 6.31. The number of aliphatic imine (C=N–C) groups is 1. The van der Waals surface area contributed by atoms with Gasteiger partial charge in [-0.15, -0.1) is 0 Å². The Morgan fingerprint density at radius 2 is 2.09 bits per heavy atom. The van der Waals surface area contributed by atoms with Crippen molar-refractivity contribution in [2.75, 3.05) is 5.75 Å². The molecule has 1 amide bonds. The van der Waals surface area contributed by atoms with Gasteiger partial charge in [-0.1, -0.05) is 18.7 Å². The number of carbonyl (C=O) groups excluding carboxylic acids is 1. The summed E-state index contributed by atoms with van der Waals surface area (Å²) in [6, 6.07) is 1.69. The average Bonchev–Trinajstić information content (AvgIpc) is 2.91. The Labute approximate surface area is 136 Å². The fourth-order valence-corrected chi connectivity index (χ4v) is 3.33. The van der Waals surface area contributed by atoms with E-state index >= 15 is 0 Å². The molecular formula is C16H16N2O4S. The van der Waals surface area contributed by atoms with Crippen molar-refractivity contribution < 1.29 is 14.3 Å². The molecule has 1 fully saturated rings. The van der Waals surface area contributed by atoms with Crippen molar-refractivity contribution in [3.8, 4) is 5.75 Å². The molecule has 0 atom stereocenters. The van der Waals surface area contributed by atoms with Crippen molar-refractivity contribution in [1.29, 1.82) is 0 Å². The van der Waals surface area contributed by atoms with Crippen LogP contribution in [0.2, 0.25) is 0 Å². The van der Waals surface area contributed by atoms with Crippen LogP contribution in [0.5, 0.6) is 5.75 Å². The molecular weight excluding hydrogens is 316 g/mol. The Morgan fingerprint density at radius 1 is 1.35 bits per heavy atom. The minimum absolute atomic E-state index is 0.0569. The summed E-state index contributed by atoms with van der Waals surface area (Å²) < 4.78 is 5.38. The summed E-state index contributed by atoms with van der Waals surface area (Å²) >= 11 is 1.28. The Morgan fingerprint density at radius 3 is 2.70 bits per heavy atom. The van der Waals surface area contributed by atoms with Crippen molar-refractivity contribution in [2.45, 2.75) is 27.2 Å². The van der Waals surface area contributed by atoms with E-state index < -0.39 is 0 Å². The largest absolute Gasteiger partial charge is 0.505 e. The number of amidine groups is 1. The second kappa shape index (κ2) is 5.73. The summed E-state index contributed by atoms with van der Waals surface area (Å²) in [5.74, 6) is 0.153. The third kappa shape index (κ3) is 2.61. The van der Waals surface area contributed by atoms with Crippen LogP contribution >= 0.6 is 11.8 Å². The maximum Gasteiger partial charge on any atom is 0.339 e. The van der Waals surface area contributed by atoms with Crippen LogP contribution in [0.25, 0.3) is 11.0 Å². The smallest absolute Gasteiger partial charge is 0.339 e. The number of thioether (sulfide) groups is 1. The van der Waals surface area contributed by atoms with E-state index in [0.717, 1.165) is 10.9 Å². The van der Waals surface area contributed by atoms with Gasteiger partial charge in [0, 0.05) is 16.5 Å². The van der Waals surface area contributed by atoms with Crippen molar-refractivity contribution in [3.63, 3.8) is 0 Å². The number of hydrogen-bond donors (Lipinski definition) is 2. The molecule has 0 radical (unpaired) electrons.